The van der Waals surface area contributed by atoms with E-state index in [9.17, 15) is 22.0 Å². The van der Waals surface area contributed by atoms with E-state index in [4.69, 9.17) is 4.74 Å². The van der Waals surface area contributed by atoms with Crippen LogP contribution in [0.3, 0.4) is 0 Å². The van der Waals surface area contributed by atoms with Gasteiger partial charge in [0.1, 0.15) is 22.9 Å². The van der Waals surface area contributed by atoms with Crippen LogP contribution in [0, 0.1) is 11.6 Å². The molecule has 1 aliphatic heterocycles. The van der Waals surface area contributed by atoms with Crippen molar-refractivity contribution in [3.05, 3.63) is 59.7 Å². The van der Waals surface area contributed by atoms with Crippen molar-refractivity contribution < 1.29 is 26.7 Å². The average molecular weight is 454 g/mol. The lowest BCUT2D eigenvalue weighted by molar-refractivity contribution is 0.0945. The summed E-state index contributed by atoms with van der Waals surface area (Å²) in [6.07, 6.45) is 0.142. The number of halogens is 2. The maximum Gasteiger partial charge on any atom is 0.257 e. The zero-order valence-electron chi connectivity index (χ0n) is 17.2. The van der Waals surface area contributed by atoms with Crippen molar-refractivity contribution >= 4 is 21.6 Å². The predicted octanol–water partition coefficient (Wildman–Crippen LogP) is 2.25. The molecule has 1 amide bonds. The number of amides is 1. The highest BCUT2D eigenvalue weighted by Gasteiger charge is 2.27. The zero-order chi connectivity index (χ0) is 22.4. The third-order valence-electron chi connectivity index (χ3n) is 5.12. The van der Waals surface area contributed by atoms with Crippen molar-refractivity contribution in [1.29, 1.82) is 0 Å². The summed E-state index contributed by atoms with van der Waals surface area (Å²) in [5.74, 6) is -2.22. The van der Waals surface area contributed by atoms with Gasteiger partial charge in [0.2, 0.25) is 10.0 Å². The van der Waals surface area contributed by atoms with Gasteiger partial charge in [0, 0.05) is 38.4 Å². The molecule has 0 atom stereocenters. The van der Waals surface area contributed by atoms with Crippen molar-refractivity contribution in [1.82, 2.24) is 9.62 Å². The highest BCUT2D eigenvalue weighted by atomic mass is 32.2. The highest BCUT2D eigenvalue weighted by molar-refractivity contribution is 7.89. The topological polar surface area (TPSA) is 79.0 Å². The Bertz CT molecular complexity index is 988. The van der Waals surface area contributed by atoms with Gasteiger partial charge in [-0.1, -0.05) is 6.07 Å². The van der Waals surface area contributed by atoms with Crippen LogP contribution in [-0.2, 0) is 10.0 Å². The van der Waals surface area contributed by atoms with E-state index in [1.165, 1.54) is 10.4 Å². The number of carbonyl (C=O) groups is 1. The SMILES string of the molecule is COc1ccc(N2CCN(S(=O)(=O)CCCNC(=O)c3c(F)cccc3F)CC2)cc1. The monoisotopic (exact) mass is 453 g/mol. The van der Waals surface area contributed by atoms with Crippen molar-refractivity contribution in [2.75, 3.05) is 50.5 Å². The van der Waals surface area contributed by atoms with Crippen LogP contribution in [-0.4, -0.2) is 64.2 Å². The number of nitrogens with one attached hydrogen (secondary N) is 1. The van der Waals surface area contributed by atoms with Crippen LogP contribution in [0.2, 0.25) is 0 Å². The molecule has 0 radical (unpaired) electrons. The lowest BCUT2D eigenvalue weighted by Crippen LogP contribution is -2.49. The third-order valence-corrected chi connectivity index (χ3v) is 7.08. The first-order chi connectivity index (χ1) is 14.8. The first-order valence-electron chi connectivity index (χ1n) is 9.91. The number of ether oxygens (including phenoxy) is 1. The second-order valence-electron chi connectivity index (χ2n) is 7.11. The second kappa shape index (κ2) is 10.1. The van der Waals surface area contributed by atoms with E-state index < -0.39 is 33.1 Å². The summed E-state index contributed by atoms with van der Waals surface area (Å²) in [5, 5.41) is 2.37. The van der Waals surface area contributed by atoms with Gasteiger partial charge in [0.15, 0.2) is 0 Å². The number of hydrogen-bond acceptors (Lipinski definition) is 5. The number of methoxy groups -OCH3 is 1. The van der Waals surface area contributed by atoms with Gasteiger partial charge >= 0.3 is 0 Å². The molecule has 7 nitrogen and oxygen atoms in total. The van der Waals surface area contributed by atoms with Crippen molar-refractivity contribution in [3.8, 4) is 5.75 Å². The van der Waals surface area contributed by atoms with Crippen LogP contribution in [0.1, 0.15) is 16.8 Å². The number of hydrogen-bond donors (Lipinski definition) is 1. The number of carbonyl (C=O) groups excluding carboxylic acids is 1. The van der Waals surface area contributed by atoms with E-state index in [-0.39, 0.29) is 18.7 Å². The van der Waals surface area contributed by atoms with Crippen LogP contribution in [0.15, 0.2) is 42.5 Å². The number of piperazine rings is 1. The Kier molecular flexibility index (Phi) is 7.45. The summed E-state index contributed by atoms with van der Waals surface area (Å²) >= 11 is 0. The summed E-state index contributed by atoms with van der Waals surface area (Å²) < 4.78 is 59.0. The molecule has 1 N–H and O–H groups in total. The third kappa shape index (κ3) is 5.71. The van der Waals surface area contributed by atoms with E-state index in [2.05, 4.69) is 10.2 Å². The minimum atomic E-state index is -3.49. The Morgan fingerprint density at radius 2 is 1.65 bits per heavy atom. The Hall–Kier alpha value is -2.72. The first kappa shape index (κ1) is 23.0. The summed E-state index contributed by atoms with van der Waals surface area (Å²) in [6.45, 7) is 1.85. The standard InChI is InChI=1S/C21H25F2N3O4S/c1-30-17-8-6-16(7-9-17)25-11-13-26(14-12-25)31(28,29)15-3-10-24-21(27)20-18(22)4-2-5-19(20)23/h2,4-9H,3,10-15H2,1H3,(H,24,27). The van der Waals surface area contributed by atoms with E-state index in [0.717, 1.165) is 23.6 Å². The molecule has 0 bridgehead atoms. The van der Waals surface area contributed by atoms with Gasteiger partial charge in [-0.2, -0.15) is 4.31 Å². The highest BCUT2D eigenvalue weighted by Crippen LogP contribution is 2.21. The first-order valence-corrected chi connectivity index (χ1v) is 11.5. The molecule has 0 saturated carbocycles. The van der Waals surface area contributed by atoms with Gasteiger partial charge in [-0.15, -0.1) is 0 Å². The summed E-state index contributed by atoms with van der Waals surface area (Å²) in [7, 11) is -1.89. The Balaban J connectivity index is 1.45. The van der Waals surface area contributed by atoms with Gasteiger partial charge in [-0.25, -0.2) is 17.2 Å². The molecule has 1 heterocycles. The van der Waals surface area contributed by atoms with E-state index in [1.807, 2.05) is 24.3 Å². The van der Waals surface area contributed by atoms with Crippen LogP contribution in [0.4, 0.5) is 14.5 Å². The summed E-state index contributed by atoms with van der Waals surface area (Å²) in [6, 6.07) is 10.7. The fourth-order valence-corrected chi connectivity index (χ4v) is 4.89. The van der Waals surface area contributed by atoms with Gasteiger partial charge in [0.25, 0.3) is 5.91 Å². The van der Waals surface area contributed by atoms with Crippen LogP contribution in [0.5, 0.6) is 5.75 Å². The molecule has 2 aromatic carbocycles. The fraction of sp³-hybridized carbons (Fsp3) is 0.381. The summed E-state index contributed by atoms with van der Waals surface area (Å²) in [5.41, 5.74) is 0.334. The number of rotatable bonds is 8. The van der Waals surface area contributed by atoms with Gasteiger partial charge in [-0.3, -0.25) is 4.79 Å². The molecule has 0 aliphatic carbocycles. The molecule has 1 fully saturated rings. The number of benzene rings is 2. The van der Waals surface area contributed by atoms with E-state index in [1.54, 1.807) is 7.11 Å². The van der Waals surface area contributed by atoms with E-state index in [0.29, 0.717) is 26.2 Å². The second-order valence-corrected chi connectivity index (χ2v) is 9.19. The zero-order valence-corrected chi connectivity index (χ0v) is 18.0. The number of sulfonamides is 1. The van der Waals surface area contributed by atoms with Crippen molar-refractivity contribution in [3.63, 3.8) is 0 Å². The average Bonchev–Trinajstić information content (AvgIpc) is 2.77. The molecule has 10 heteroatoms. The molecular formula is C21H25F2N3O4S. The van der Waals surface area contributed by atoms with Crippen molar-refractivity contribution in [2.45, 2.75) is 6.42 Å². The molecule has 0 aromatic heterocycles. The Morgan fingerprint density at radius 1 is 1.03 bits per heavy atom. The van der Waals surface area contributed by atoms with Gasteiger partial charge in [-0.05, 0) is 42.8 Å². The molecule has 0 spiro atoms. The molecule has 1 saturated heterocycles. The van der Waals surface area contributed by atoms with Crippen LogP contribution >= 0.6 is 0 Å². The smallest absolute Gasteiger partial charge is 0.257 e. The maximum absolute atomic E-state index is 13.6. The molecule has 31 heavy (non-hydrogen) atoms. The van der Waals surface area contributed by atoms with Gasteiger partial charge in [0.05, 0.1) is 12.9 Å². The molecule has 1 aliphatic rings. The predicted molar refractivity (Wildman–Crippen MR) is 114 cm³/mol. The Morgan fingerprint density at radius 3 is 2.23 bits per heavy atom. The minimum absolute atomic E-state index is 0.00233. The maximum atomic E-state index is 13.6. The summed E-state index contributed by atoms with van der Waals surface area (Å²) in [4.78, 5) is 14.1. The molecule has 0 unspecified atom stereocenters. The largest absolute Gasteiger partial charge is 0.497 e. The van der Waals surface area contributed by atoms with Crippen molar-refractivity contribution in [2.24, 2.45) is 0 Å². The van der Waals surface area contributed by atoms with Gasteiger partial charge < -0.3 is 15.0 Å². The quantitative estimate of drug-likeness (QED) is 0.621. The lowest BCUT2D eigenvalue weighted by atomic mass is 10.2. The number of anilines is 1. The normalized spacial score (nSPS) is 15.0. The molecular weight excluding hydrogens is 428 g/mol. The van der Waals surface area contributed by atoms with Crippen LogP contribution < -0.4 is 15.0 Å². The minimum Gasteiger partial charge on any atom is -0.497 e. The van der Waals surface area contributed by atoms with E-state index >= 15 is 0 Å². The molecule has 168 valence electrons. The van der Waals surface area contributed by atoms with Crippen LogP contribution in [0.25, 0.3) is 0 Å². The number of nitrogens with zero attached hydrogens (tertiary/aromatic N) is 2. The lowest BCUT2D eigenvalue weighted by Gasteiger charge is -2.35. The molecule has 2 aromatic rings. The molecule has 3 rings (SSSR count). The fourth-order valence-electron chi connectivity index (χ4n) is 3.41. The Labute approximate surface area is 180 Å².